The minimum Gasteiger partial charge on any atom is -0.476 e. The number of hydrogen-bond donors (Lipinski definition) is 2. The molecule has 0 saturated carbocycles. The maximum atomic E-state index is 11.9. The van der Waals surface area contributed by atoms with E-state index < -0.39 is 11.9 Å². The minimum absolute atomic E-state index is 0.102. The van der Waals surface area contributed by atoms with Gasteiger partial charge in [0.25, 0.3) is 0 Å². The second kappa shape index (κ2) is 5.76. The number of aromatic carboxylic acids is 1. The molecule has 2 N–H and O–H groups in total. The first-order chi connectivity index (χ1) is 10.6. The van der Waals surface area contributed by atoms with Gasteiger partial charge in [0.05, 0.1) is 18.2 Å². The SMILES string of the molecule is COC(=O)c1cccn2c(C3CCNCC3)nc(C(=O)O)c12. The molecule has 1 fully saturated rings. The third-order valence-corrected chi connectivity index (χ3v) is 4.00. The molecule has 2 aromatic heterocycles. The summed E-state index contributed by atoms with van der Waals surface area (Å²) < 4.78 is 6.46. The van der Waals surface area contributed by atoms with Gasteiger partial charge in [0, 0.05) is 12.1 Å². The molecule has 7 heteroatoms. The maximum absolute atomic E-state index is 11.9. The number of imidazole rings is 1. The van der Waals surface area contributed by atoms with Gasteiger partial charge in [0.1, 0.15) is 5.82 Å². The predicted octanol–water partition coefficient (Wildman–Crippen LogP) is 1.29. The van der Waals surface area contributed by atoms with Crippen LogP contribution in [-0.4, -0.2) is 46.6 Å². The molecular formula is C15H17N3O4. The highest BCUT2D eigenvalue weighted by molar-refractivity contribution is 6.04. The summed E-state index contributed by atoms with van der Waals surface area (Å²) in [4.78, 5) is 27.8. The number of pyridine rings is 1. The molecule has 3 heterocycles. The van der Waals surface area contributed by atoms with E-state index in [2.05, 4.69) is 10.3 Å². The topological polar surface area (TPSA) is 92.9 Å². The molecule has 2 aromatic rings. The lowest BCUT2D eigenvalue weighted by atomic mass is 9.97. The molecule has 7 nitrogen and oxygen atoms in total. The van der Waals surface area contributed by atoms with Crippen LogP contribution in [0.15, 0.2) is 18.3 Å². The number of esters is 1. The van der Waals surface area contributed by atoms with Crippen molar-refractivity contribution in [2.24, 2.45) is 0 Å². The zero-order chi connectivity index (χ0) is 15.7. The molecule has 0 aliphatic carbocycles. The molecule has 3 rings (SSSR count). The van der Waals surface area contributed by atoms with Crippen molar-refractivity contribution >= 4 is 17.5 Å². The van der Waals surface area contributed by atoms with E-state index in [1.807, 2.05) is 0 Å². The monoisotopic (exact) mass is 303 g/mol. The zero-order valence-corrected chi connectivity index (χ0v) is 12.2. The van der Waals surface area contributed by atoms with Crippen molar-refractivity contribution < 1.29 is 19.4 Å². The number of methoxy groups -OCH3 is 1. The van der Waals surface area contributed by atoms with E-state index in [1.54, 1.807) is 22.7 Å². The maximum Gasteiger partial charge on any atom is 0.356 e. The van der Waals surface area contributed by atoms with Crippen molar-refractivity contribution in [2.75, 3.05) is 20.2 Å². The number of hydrogen-bond acceptors (Lipinski definition) is 5. The molecule has 0 amide bonds. The highest BCUT2D eigenvalue weighted by Gasteiger charge is 2.27. The van der Waals surface area contributed by atoms with Crippen molar-refractivity contribution in [3.63, 3.8) is 0 Å². The van der Waals surface area contributed by atoms with Gasteiger partial charge in [0.15, 0.2) is 5.69 Å². The van der Waals surface area contributed by atoms with Crippen LogP contribution in [0.1, 0.15) is 45.4 Å². The van der Waals surface area contributed by atoms with Crippen LogP contribution in [0.4, 0.5) is 0 Å². The standard InChI is InChI=1S/C15H17N3O4/c1-22-15(21)10-3-2-8-18-12(10)11(14(19)20)17-13(18)9-4-6-16-7-5-9/h2-3,8-9,16H,4-7H2,1H3,(H,19,20). The molecule has 0 radical (unpaired) electrons. The van der Waals surface area contributed by atoms with Gasteiger partial charge >= 0.3 is 11.9 Å². The van der Waals surface area contributed by atoms with Crippen LogP contribution in [-0.2, 0) is 4.74 Å². The summed E-state index contributed by atoms with van der Waals surface area (Å²) in [5.74, 6) is -0.840. The quantitative estimate of drug-likeness (QED) is 0.830. The molecule has 0 aromatic carbocycles. The number of carbonyl (C=O) groups is 2. The van der Waals surface area contributed by atoms with Crippen molar-refractivity contribution in [1.82, 2.24) is 14.7 Å². The van der Waals surface area contributed by atoms with Gasteiger partial charge in [-0.15, -0.1) is 0 Å². The summed E-state index contributed by atoms with van der Waals surface area (Å²) >= 11 is 0. The Labute approximate surface area is 126 Å². The Morgan fingerprint density at radius 3 is 2.77 bits per heavy atom. The van der Waals surface area contributed by atoms with Crippen LogP contribution in [0.2, 0.25) is 0 Å². The van der Waals surface area contributed by atoms with Crippen molar-refractivity contribution in [2.45, 2.75) is 18.8 Å². The highest BCUT2D eigenvalue weighted by atomic mass is 16.5. The zero-order valence-electron chi connectivity index (χ0n) is 12.2. The fourth-order valence-electron chi connectivity index (χ4n) is 2.95. The molecule has 1 aliphatic rings. The summed E-state index contributed by atoms with van der Waals surface area (Å²) in [6.07, 6.45) is 3.53. The van der Waals surface area contributed by atoms with Crippen molar-refractivity contribution in [3.05, 3.63) is 35.4 Å². The van der Waals surface area contributed by atoms with Crippen LogP contribution in [0.3, 0.4) is 0 Å². The van der Waals surface area contributed by atoms with E-state index in [4.69, 9.17) is 4.74 Å². The summed E-state index contributed by atoms with van der Waals surface area (Å²) in [5.41, 5.74) is 0.417. The van der Waals surface area contributed by atoms with Gasteiger partial charge in [-0.2, -0.15) is 0 Å². The third kappa shape index (κ3) is 2.33. The lowest BCUT2D eigenvalue weighted by molar-refractivity contribution is 0.0602. The highest BCUT2D eigenvalue weighted by Crippen LogP contribution is 2.28. The van der Waals surface area contributed by atoms with E-state index in [-0.39, 0.29) is 17.2 Å². The van der Waals surface area contributed by atoms with E-state index >= 15 is 0 Å². The average Bonchev–Trinajstić information content (AvgIpc) is 2.95. The summed E-state index contributed by atoms with van der Waals surface area (Å²) in [7, 11) is 1.27. The lowest BCUT2D eigenvalue weighted by Crippen LogP contribution is -2.27. The summed E-state index contributed by atoms with van der Waals surface area (Å²) in [5, 5.41) is 12.7. The van der Waals surface area contributed by atoms with E-state index in [0.717, 1.165) is 25.9 Å². The molecule has 0 unspecified atom stereocenters. The number of fused-ring (bicyclic) bond motifs is 1. The number of piperidine rings is 1. The van der Waals surface area contributed by atoms with Crippen LogP contribution in [0, 0.1) is 0 Å². The van der Waals surface area contributed by atoms with Crippen molar-refractivity contribution in [1.29, 1.82) is 0 Å². The predicted molar refractivity (Wildman–Crippen MR) is 78.3 cm³/mol. The number of rotatable bonds is 3. The lowest BCUT2D eigenvalue weighted by Gasteiger charge is -2.21. The molecule has 22 heavy (non-hydrogen) atoms. The number of nitrogens with one attached hydrogen (secondary N) is 1. The van der Waals surface area contributed by atoms with Gasteiger partial charge in [-0.3, -0.25) is 0 Å². The summed E-state index contributed by atoms with van der Waals surface area (Å²) in [6, 6.07) is 3.26. The fourth-order valence-corrected chi connectivity index (χ4v) is 2.95. The third-order valence-electron chi connectivity index (χ3n) is 4.00. The fraction of sp³-hybridized carbons (Fsp3) is 0.400. The first-order valence-corrected chi connectivity index (χ1v) is 7.16. The Kier molecular flexibility index (Phi) is 3.81. The van der Waals surface area contributed by atoms with Crippen LogP contribution in [0.25, 0.3) is 5.52 Å². The Morgan fingerprint density at radius 1 is 1.41 bits per heavy atom. The normalized spacial score (nSPS) is 15.9. The van der Waals surface area contributed by atoms with Crippen LogP contribution >= 0.6 is 0 Å². The molecule has 0 bridgehead atoms. The van der Waals surface area contributed by atoms with Gasteiger partial charge in [0.2, 0.25) is 0 Å². The number of carbonyl (C=O) groups excluding carboxylic acids is 1. The number of carboxylic acid groups (broad SMARTS) is 1. The van der Waals surface area contributed by atoms with Gasteiger partial charge in [-0.05, 0) is 38.1 Å². The Hall–Kier alpha value is -2.41. The molecule has 116 valence electrons. The minimum atomic E-state index is -1.14. The van der Waals surface area contributed by atoms with Gasteiger partial charge in [-0.1, -0.05) is 0 Å². The largest absolute Gasteiger partial charge is 0.476 e. The molecule has 1 saturated heterocycles. The van der Waals surface area contributed by atoms with E-state index in [1.165, 1.54) is 7.11 Å². The Bertz CT molecular complexity index is 732. The van der Waals surface area contributed by atoms with E-state index in [0.29, 0.717) is 11.3 Å². The number of carboxylic acids is 1. The van der Waals surface area contributed by atoms with Crippen LogP contribution in [0.5, 0.6) is 0 Å². The molecule has 1 aliphatic heterocycles. The first kappa shape index (κ1) is 14.5. The first-order valence-electron chi connectivity index (χ1n) is 7.16. The Morgan fingerprint density at radius 2 is 2.14 bits per heavy atom. The van der Waals surface area contributed by atoms with Gasteiger partial charge < -0.3 is 19.6 Å². The number of nitrogens with zero attached hydrogens (tertiary/aromatic N) is 2. The molecular weight excluding hydrogens is 286 g/mol. The smallest absolute Gasteiger partial charge is 0.356 e. The average molecular weight is 303 g/mol. The second-order valence-electron chi connectivity index (χ2n) is 5.28. The number of aromatic nitrogens is 2. The van der Waals surface area contributed by atoms with Gasteiger partial charge in [-0.25, -0.2) is 14.6 Å². The molecule has 0 spiro atoms. The van der Waals surface area contributed by atoms with Crippen LogP contribution < -0.4 is 5.32 Å². The Balaban J connectivity index is 2.22. The summed E-state index contributed by atoms with van der Waals surface area (Å²) in [6.45, 7) is 1.75. The second-order valence-corrected chi connectivity index (χ2v) is 5.28. The number of ether oxygens (including phenoxy) is 1. The van der Waals surface area contributed by atoms with E-state index in [9.17, 15) is 14.7 Å². The van der Waals surface area contributed by atoms with Crippen molar-refractivity contribution in [3.8, 4) is 0 Å². The molecule has 0 atom stereocenters.